The minimum atomic E-state index is 0.458. The van der Waals surface area contributed by atoms with Crippen molar-refractivity contribution in [2.24, 2.45) is 12.9 Å². The molecule has 3 heteroatoms. The Kier molecular flexibility index (Phi) is 2.27. The number of hydrogen-bond donors (Lipinski definition) is 1. The first-order valence-electron chi connectivity index (χ1n) is 4.59. The number of aryl methyl sites for hydroxylation is 2. The van der Waals surface area contributed by atoms with E-state index in [0.29, 0.717) is 6.61 Å². The lowest BCUT2D eigenvalue weighted by Crippen LogP contribution is -1.99. The minimum absolute atomic E-state index is 0.458. The van der Waals surface area contributed by atoms with Gasteiger partial charge in [-0.05, 0) is 30.0 Å². The first kappa shape index (κ1) is 9.24. The van der Waals surface area contributed by atoms with Crippen LogP contribution < -0.4 is 5.90 Å². The quantitative estimate of drug-likeness (QED) is 0.734. The Morgan fingerprint density at radius 1 is 1.36 bits per heavy atom. The van der Waals surface area contributed by atoms with Crippen molar-refractivity contribution in [3.05, 3.63) is 35.5 Å². The third-order valence-electron chi connectivity index (χ3n) is 2.60. The fraction of sp³-hybridized carbons (Fsp3) is 0.273. The van der Waals surface area contributed by atoms with Gasteiger partial charge < -0.3 is 4.57 Å². The molecule has 0 amide bonds. The highest BCUT2D eigenvalue weighted by molar-refractivity contribution is 5.81. The summed E-state index contributed by atoms with van der Waals surface area (Å²) in [5.74, 6) is 5.04. The molecule has 0 fully saturated rings. The second-order valence-electron chi connectivity index (χ2n) is 3.55. The molecule has 2 rings (SSSR count). The first-order chi connectivity index (χ1) is 6.72. The van der Waals surface area contributed by atoms with E-state index in [-0.39, 0.29) is 0 Å². The van der Waals surface area contributed by atoms with Crippen LogP contribution in [0.2, 0.25) is 0 Å². The molecule has 14 heavy (non-hydrogen) atoms. The van der Waals surface area contributed by atoms with Crippen LogP contribution >= 0.6 is 0 Å². The molecule has 2 N–H and O–H groups in total. The highest BCUT2D eigenvalue weighted by Crippen LogP contribution is 2.19. The zero-order chi connectivity index (χ0) is 10.1. The topological polar surface area (TPSA) is 40.2 Å². The Morgan fingerprint density at radius 3 is 2.86 bits per heavy atom. The Bertz CT molecular complexity index is 460. The number of benzene rings is 1. The molecule has 0 aliphatic carbocycles. The van der Waals surface area contributed by atoms with Crippen molar-refractivity contribution in [3.63, 3.8) is 0 Å². The largest absolute Gasteiger partial charge is 0.348 e. The maximum atomic E-state index is 5.04. The molecule has 0 atom stereocenters. The molecule has 0 saturated carbocycles. The standard InChI is InChI=1S/C11H14N2O/c1-8-5-10-4-3-9(7-14-12)6-11(10)13(8)2/h3-6H,7,12H2,1-2H3. The van der Waals surface area contributed by atoms with Crippen LogP contribution in [0.1, 0.15) is 11.3 Å². The predicted octanol–water partition coefficient (Wildman–Crippen LogP) is 1.88. The SMILES string of the molecule is Cc1cc2ccc(CON)cc2n1C. The average molecular weight is 190 g/mol. The van der Waals surface area contributed by atoms with Gasteiger partial charge in [0.1, 0.15) is 0 Å². The van der Waals surface area contributed by atoms with Crippen molar-refractivity contribution in [1.29, 1.82) is 0 Å². The monoisotopic (exact) mass is 190 g/mol. The van der Waals surface area contributed by atoms with Crippen LogP contribution in [0.25, 0.3) is 10.9 Å². The van der Waals surface area contributed by atoms with E-state index in [1.54, 1.807) is 0 Å². The Balaban J connectivity index is 2.58. The normalized spacial score (nSPS) is 11.1. The van der Waals surface area contributed by atoms with Crippen molar-refractivity contribution < 1.29 is 4.84 Å². The van der Waals surface area contributed by atoms with E-state index >= 15 is 0 Å². The van der Waals surface area contributed by atoms with Gasteiger partial charge in [-0.3, -0.25) is 4.84 Å². The number of hydrogen-bond acceptors (Lipinski definition) is 2. The molecule has 0 aliphatic heterocycles. The van der Waals surface area contributed by atoms with Gasteiger partial charge in [-0.25, -0.2) is 5.90 Å². The van der Waals surface area contributed by atoms with E-state index in [9.17, 15) is 0 Å². The summed E-state index contributed by atoms with van der Waals surface area (Å²) in [5.41, 5.74) is 3.57. The highest BCUT2D eigenvalue weighted by Gasteiger charge is 2.02. The second-order valence-corrected chi connectivity index (χ2v) is 3.55. The van der Waals surface area contributed by atoms with Crippen LogP contribution in [0.3, 0.4) is 0 Å². The molecule has 3 nitrogen and oxygen atoms in total. The maximum Gasteiger partial charge on any atom is 0.0930 e. The molecule has 1 aromatic carbocycles. The molecule has 0 bridgehead atoms. The van der Waals surface area contributed by atoms with Crippen LogP contribution in [0.5, 0.6) is 0 Å². The summed E-state index contributed by atoms with van der Waals surface area (Å²) in [5, 5.41) is 1.26. The molecule has 1 aromatic heterocycles. The smallest absolute Gasteiger partial charge is 0.0930 e. The third-order valence-corrected chi connectivity index (χ3v) is 2.60. The van der Waals surface area contributed by atoms with Gasteiger partial charge in [0.2, 0.25) is 0 Å². The summed E-state index contributed by atoms with van der Waals surface area (Å²) in [7, 11) is 2.06. The van der Waals surface area contributed by atoms with Gasteiger partial charge in [0.25, 0.3) is 0 Å². The van der Waals surface area contributed by atoms with E-state index < -0.39 is 0 Å². The molecule has 2 aromatic rings. The summed E-state index contributed by atoms with van der Waals surface area (Å²) in [6, 6.07) is 8.41. The van der Waals surface area contributed by atoms with Gasteiger partial charge in [-0.2, -0.15) is 0 Å². The van der Waals surface area contributed by atoms with Gasteiger partial charge >= 0.3 is 0 Å². The van der Waals surface area contributed by atoms with Crippen molar-refractivity contribution in [2.45, 2.75) is 13.5 Å². The van der Waals surface area contributed by atoms with Gasteiger partial charge in [0.05, 0.1) is 6.61 Å². The van der Waals surface area contributed by atoms with Crippen LogP contribution in [-0.2, 0) is 18.5 Å². The Labute approximate surface area is 83.0 Å². The summed E-state index contributed by atoms with van der Waals surface area (Å²) < 4.78 is 2.16. The molecular formula is C11H14N2O. The molecule has 1 heterocycles. The van der Waals surface area contributed by atoms with E-state index in [0.717, 1.165) is 5.56 Å². The number of nitrogens with two attached hydrogens (primary N) is 1. The maximum absolute atomic E-state index is 5.04. The minimum Gasteiger partial charge on any atom is -0.348 e. The average Bonchev–Trinajstić information content (AvgIpc) is 2.45. The van der Waals surface area contributed by atoms with E-state index in [2.05, 4.69) is 41.6 Å². The van der Waals surface area contributed by atoms with Crippen molar-refractivity contribution in [3.8, 4) is 0 Å². The van der Waals surface area contributed by atoms with Gasteiger partial charge in [0, 0.05) is 18.3 Å². The lowest BCUT2D eigenvalue weighted by molar-refractivity contribution is 0.124. The van der Waals surface area contributed by atoms with Crippen molar-refractivity contribution >= 4 is 10.9 Å². The molecule has 0 spiro atoms. The lowest BCUT2D eigenvalue weighted by atomic mass is 10.2. The molecule has 0 unspecified atom stereocenters. The number of nitrogens with zero attached hydrogens (tertiary/aromatic N) is 1. The second kappa shape index (κ2) is 3.44. The van der Waals surface area contributed by atoms with Crippen LogP contribution in [-0.4, -0.2) is 4.57 Å². The first-order valence-corrected chi connectivity index (χ1v) is 4.59. The molecule has 0 saturated heterocycles. The van der Waals surface area contributed by atoms with Gasteiger partial charge in [0.15, 0.2) is 0 Å². The summed E-state index contributed by atoms with van der Waals surface area (Å²) in [6.45, 7) is 2.55. The zero-order valence-electron chi connectivity index (χ0n) is 8.45. The van der Waals surface area contributed by atoms with Gasteiger partial charge in [-0.1, -0.05) is 12.1 Å². The molecule has 0 radical (unpaired) electrons. The van der Waals surface area contributed by atoms with Crippen molar-refractivity contribution in [1.82, 2.24) is 4.57 Å². The summed E-state index contributed by atoms with van der Waals surface area (Å²) in [6.07, 6.45) is 0. The molecular weight excluding hydrogens is 176 g/mol. The Hall–Kier alpha value is -1.32. The summed E-state index contributed by atoms with van der Waals surface area (Å²) >= 11 is 0. The zero-order valence-corrected chi connectivity index (χ0v) is 8.45. The van der Waals surface area contributed by atoms with Gasteiger partial charge in [-0.15, -0.1) is 0 Å². The van der Waals surface area contributed by atoms with E-state index in [1.807, 2.05) is 6.07 Å². The number of rotatable bonds is 2. The number of fused-ring (bicyclic) bond motifs is 1. The van der Waals surface area contributed by atoms with Crippen LogP contribution in [0.15, 0.2) is 24.3 Å². The fourth-order valence-electron chi connectivity index (χ4n) is 1.70. The Morgan fingerprint density at radius 2 is 2.14 bits per heavy atom. The van der Waals surface area contributed by atoms with Crippen LogP contribution in [0, 0.1) is 6.92 Å². The fourth-order valence-corrected chi connectivity index (χ4v) is 1.70. The lowest BCUT2D eigenvalue weighted by Gasteiger charge is -2.02. The third kappa shape index (κ3) is 1.41. The van der Waals surface area contributed by atoms with Crippen LogP contribution in [0.4, 0.5) is 0 Å². The molecule has 74 valence electrons. The van der Waals surface area contributed by atoms with E-state index in [4.69, 9.17) is 5.90 Å². The highest BCUT2D eigenvalue weighted by atomic mass is 16.6. The van der Waals surface area contributed by atoms with E-state index in [1.165, 1.54) is 16.6 Å². The number of aromatic nitrogens is 1. The van der Waals surface area contributed by atoms with Crippen molar-refractivity contribution in [2.75, 3.05) is 0 Å². The predicted molar refractivity (Wildman–Crippen MR) is 56.6 cm³/mol. The summed E-state index contributed by atoms with van der Waals surface area (Å²) in [4.78, 5) is 4.61. The molecule has 0 aliphatic rings.